The van der Waals surface area contributed by atoms with Gasteiger partial charge in [0.2, 0.25) is 0 Å². The molecule has 1 heterocycles. The summed E-state index contributed by atoms with van der Waals surface area (Å²) in [4.78, 5) is 12.7. The van der Waals surface area contributed by atoms with Gasteiger partial charge in [-0.25, -0.2) is 0 Å². The van der Waals surface area contributed by atoms with E-state index in [1.807, 2.05) is 24.3 Å². The Hall–Kier alpha value is -2.93. The summed E-state index contributed by atoms with van der Waals surface area (Å²) in [5, 5.41) is 14.2. The third-order valence-corrected chi connectivity index (χ3v) is 4.25. The first-order valence-corrected chi connectivity index (χ1v) is 8.39. The quantitative estimate of drug-likeness (QED) is 0.739. The molecule has 2 aromatic carbocycles. The summed E-state index contributed by atoms with van der Waals surface area (Å²) >= 11 is 6.30. The lowest BCUT2D eigenvalue weighted by atomic mass is 10.0. The van der Waals surface area contributed by atoms with Crippen LogP contribution in [-0.2, 0) is 0 Å². The molecule has 1 N–H and O–H groups in total. The minimum atomic E-state index is -0.315. The fourth-order valence-electron chi connectivity index (χ4n) is 2.49. The zero-order valence-corrected chi connectivity index (χ0v) is 15.4. The predicted molar refractivity (Wildman–Crippen MR) is 99.2 cm³/mol. The van der Waals surface area contributed by atoms with Crippen molar-refractivity contribution in [1.29, 1.82) is 0 Å². The summed E-state index contributed by atoms with van der Waals surface area (Å²) in [6.45, 7) is 4.24. The van der Waals surface area contributed by atoms with Gasteiger partial charge in [-0.15, -0.1) is 5.10 Å². The van der Waals surface area contributed by atoms with Crippen LogP contribution in [-0.4, -0.2) is 33.2 Å². The molecule has 3 rings (SSSR count). The van der Waals surface area contributed by atoms with E-state index >= 15 is 0 Å². The molecule has 0 spiro atoms. The smallest absolute Gasteiger partial charge is 0.259 e. The van der Waals surface area contributed by atoms with E-state index in [1.165, 1.54) is 29.7 Å². The van der Waals surface area contributed by atoms with Crippen molar-refractivity contribution in [3.63, 3.8) is 0 Å². The molecule has 26 heavy (non-hydrogen) atoms. The van der Waals surface area contributed by atoms with E-state index in [2.05, 4.69) is 34.7 Å². The largest absolute Gasteiger partial charge is 0.496 e. The summed E-state index contributed by atoms with van der Waals surface area (Å²) in [6.07, 6.45) is 1.41. The van der Waals surface area contributed by atoms with Crippen molar-refractivity contribution in [1.82, 2.24) is 20.2 Å². The number of carbonyl (C=O) groups excluding carboxylic acids is 1. The van der Waals surface area contributed by atoms with Gasteiger partial charge in [0.25, 0.3) is 5.91 Å². The molecule has 7 nitrogen and oxygen atoms in total. The van der Waals surface area contributed by atoms with Crippen molar-refractivity contribution in [2.75, 3.05) is 12.4 Å². The molecule has 0 fully saturated rings. The summed E-state index contributed by atoms with van der Waals surface area (Å²) in [7, 11) is 1.49. The molecule has 8 heteroatoms. The molecule has 0 aliphatic carbocycles. The number of halogens is 1. The Morgan fingerprint density at radius 2 is 1.96 bits per heavy atom. The number of benzene rings is 2. The molecule has 0 aliphatic heterocycles. The number of amides is 1. The SMILES string of the molecule is COc1cc(-n2cnnn2)c(Cl)cc1C(=O)Nc1ccc(C(C)C)cc1. The summed E-state index contributed by atoms with van der Waals surface area (Å²) < 4.78 is 6.75. The van der Waals surface area contributed by atoms with Crippen LogP contribution in [0.15, 0.2) is 42.7 Å². The molecule has 0 bridgehead atoms. The molecule has 0 saturated heterocycles. The number of aromatic nitrogens is 4. The summed E-state index contributed by atoms with van der Waals surface area (Å²) in [5.41, 5.74) is 2.74. The number of hydrogen-bond acceptors (Lipinski definition) is 5. The van der Waals surface area contributed by atoms with Crippen LogP contribution in [0.25, 0.3) is 5.69 Å². The van der Waals surface area contributed by atoms with Crippen molar-refractivity contribution in [3.8, 4) is 11.4 Å². The zero-order valence-electron chi connectivity index (χ0n) is 14.6. The Balaban J connectivity index is 1.88. The Kier molecular flexibility index (Phi) is 5.18. The summed E-state index contributed by atoms with van der Waals surface area (Å²) in [6, 6.07) is 10.9. The predicted octanol–water partition coefficient (Wildman–Crippen LogP) is 3.70. The van der Waals surface area contributed by atoms with Crippen LogP contribution < -0.4 is 10.1 Å². The highest BCUT2D eigenvalue weighted by molar-refractivity contribution is 6.33. The molecular weight excluding hydrogens is 354 g/mol. The minimum absolute atomic E-state index is 0.315. The number of carbonyl (C=O) groups is 1. The van der Waals surface area contributed by atoms with Gasteiger partial charge in [-0.05, 0) is 40.1 Å². The molecule has 0 unspecified atom stereocenters. The zero-order chi connectivity index (χ0) is 18.7. The van der Waals surface area contributed by atoms with Gasteiger partial charge in [0.1, 0.15) is 12.1 Å². The van der Waals surface area contributed by atoms with Gasteiger partial charge >= 0.3 is 0 Å². The van der Waals surface area contributed by atoms with Crippen molar-refractivity contribution >= 4 is 23.2 Å². The lowest BCUT2D eigenvalue weighted by Crippen LogP contribution is -2.14. The highest BCUT2D eigenvalue weighted by atomic mass is 35.5. The van der Waals surface area contributed by atoms with Crippen LogP contribution in [0.2, 0.25) is 5.02 Å². The van der Waals surface area contributed by atoms with Gasteiger partial charge in [0.15, 0.2) is 0 Å². The van der Waals surface area contributed by atoms with Gasteiger partial charge in [0.05, 0.1) is 23.4 Å². The van der Waals surface area contributed by atoms with Crippen molar-refractivity contribution in [3.05, 3.63) is 58.9 Å². The molecule has 0 aliphatic rings. The maximum absolute atomic E-state index is 12.7. The molecule has 1 aromatic heterocycles. The van der Waals surface area contributed by atoms with Gasteiger partial charge < -0.3 is 10.1 Å². The Labute approximate surface area is 155 Å². The van der Waals surface area contributed by atoms with E-state index in [-0.39, 0.29) is 5.91 Å². The number of nitrogens with zero attached hydrogens (tertiary/aromatic N) is 4. The van der Waals surface area contributed by atoms with Crippen LogP contribution in [0.4, 0.5) is 5.69 Å². The molecule has 1 amide bonds. The third kappa shape index (κ3) is 3.67. The Morgan fingerprint density at radius 1 is 1.23 bits per heavy atom. The van der Waals surface area contributed by atoms with E-state index in [4.69, 9.17) is 16.3 Å². The average Bonchev–Trinajstić information content (AvgIpc) is 3.16. The molecule has 0 saturated carbocycles. The number of hydrogen-bond donors (Lipinski definition) is 1. The highest BCUT2D eigenvalue weighted by Gasteiger charge is 2.17. The van der Waals surface area contributed by atoms with Gasteiger partial charge in [-0.2, -0.15) is 4.68 Å². The average molecular weight is 372 g/mol. The molecule has 134 valence electrons. The lowest BCUT2D eigenvalue weighted by Gasteiger charge is -2.13. The van der Waals surface area contributed by atoms with Crippen molar-refractivity contribution in [2.24, 2.45) is 0 Å². The number of methoxy groups -OCH3 is 1. The first-order valence-electron chi connectivity index (χ1n) is 8.01. The van der Waals surface area contributed by atoms with Crippen LogP contribution in [0.5, 0.6) is 5.75 Å². The first kappa shape index (κ1) is 17.9. The molecule has 0 atom stereocenters. The monoisotopic (exact) mass is 371 g/mol. The number of ether oxygens (including phenoxy) is 1. The maximum atomic E-state index is 12.7. The highest BCUT2D eigenvalue weighted by Crippen LogP contribution is 2.30. The van der Waals surface area contributed by atoms with Crippen LogP contribution in [0, 0.1) is 0 Å². The number of nitrogens with one attached hydrogen (secondary N) is 1. The first-order chi connectivity index (χ1) is 12.5. The molecule has 0 radical (unpaired) electrons. The van der Waals surface area contributed by atoms with E-state index in [0.717, 1.165) is 0 Å². The second-order valence-electron chi connectivity index (χ2n) is 5.99. The van der Waals surface area contributed by atoms with Gasteiger partial charge in [0, 0.05) is 11.8 Å². The minimum Gasteiger partial charge on any atom is -0.496 e. The fourth-order valence-corrected chi connectivity index (χ4v) is 2.74. The number of tetrazole rings is 1. The normalized spacial score (nSPS) is 10.8. The summed E-state index contributed by atoms with van der Waals surface area (Å²) in [5.74, 6) is 0.484. The third-order valence-electron chi connectivity index (χ3n) is 3.94. The van der Waals surface area contributed by atoms with Crippen molar-refractivity contribution in [2.45, 2.75) is 19.8 Å². The fraction of sp³-hybridized carbons (Fsp3) is 0.222. The second-order valence-corrected chi connectivity index (χ2v) is 6.40. The standard InChI is InChI=1S/C18H18ClN5O2/c1-11(2)12-4-6-13(7-5-12)21-18(25)14-8-15(19)16(9-17(14)26-3)24-10-20-22-23-24/h4-11H,1-3H3,(H,21,25). The van der Waals surface area contributed by atoms with Crippen LogP contribution in [0.3, 0.4) is 0 Å². The number of anilines is 1. The Morgan fingerprint density at radius 3 is 2.54 bits per heavy atom. The maximum Gasteiger partial charge on any atom is 0.259 e. The Bertz CT molecular complexity index is 908. The number of rotatable bonds is 5. The van der Waals surface area contributed by atoms with Gasteiger partial charge in [-0.3, -0.25) is 4.79 Å². The van der Waals surface area contributed by atoms with Crippen LogP contribution >= 0.6 is 11.6 Å². The van der Waals surface area contributed by atoms with E-state index in [1.54, 1.807) is 6.07 Å². The van der Waals surface area contributed by atoms with E-state index in [9.17, 15) is 4.79 Å². The molecular formula is C18H18ClN5O2. The van der Waals surface area contributed by atoms with Crippen LogP contribution in [0.1, 0.15) is 35.7 Å². The lowest BCUT2D eigenvalue weighted by molar-refractivity contribution is 0.102. The van der Waals surface area contributed by atoms with Gasteiger partial charge in [-0.1, -0.05) is 37.6 Å². The molecule has 3 aromatic rings. The van der Waals surface area contributed by atoms with Crippen molar-refractivity contribution < 1.29 is 9.53 Å². The topological polar surface area (TPSA) is 81.9 Å². The van der Waals surface area contributed by atoms with E-state index in [0.29, 0.717) is 33.6 Å². The second kappa shape index (κ2) is 7.53. The van der Waals surface area contributed by atoms with E-state index < -0.39 is 0 Å².